The van der Waals surface area contributed by atoms with Crippen LogP contribution < -0.4 is 5.32 Å². The zero-order valence-electron chi connectivity index (χ0n) is 10.1. The van der Waals surface area contributed by atoms with Crippen LogP contribution in [0.15, 0.2) is 40.9 Å². The molecule has 1 N–H and O–H groups in total. The molecule has 0 saturated heterocycles. The largest absolute Gasteiger partial charge is 0.309 e. The third kappa shape index (κ3) is 2.82. The molecule has 0 aliphatic rings. The number of hydrogen-bond donors (Lipinski definition) is 1. The van der Waals surface area contributed by atoms with Crippen molar-refractivity contribution >= 4 is 15.9 Å². The summed E-state index contributed by atoms with van der Waals surface area (Å²) in [5.41, 5.74) is 0.489. The highest BCUT2D eigenvalue weighted by atomic mass is 79.9. The van der Waals surface area contributed by atoms with Crippen LogP contribution in [-0.4, -0.2) is 7.05 Å². The molecule has 2 aromatic carbocycles. The first-order valence-electron chi connectivity index (χ1n) is 5.60. The van der Waals surface area contributed by atoms with Crippen molar-refractivity contribution in [2.45, 2.75) is 6.04 Å². The molecular formula is C14H11BrF3N. The average Bonchev–Trinajstić information content (AvgIpc) is 2.37. The number of hydrogen-bond acceptors (Lipinski definition) is 1. The molecule has 0 amide bonds. The van der Waals surface area contributed by atoms with Crippen LogP contribution in [0.1, 0.15) is 17.2 Å². The number of benzene rings is 2. The Kier molecular flexibility index (Phi) is 4.27. The van der Waals surface area contributed by atoms with Gasteiger partial charge in [0.1, 0.15) is 17.5 Å². The Morgan fingerprint density at radius 3 is 2.16 bits per heavy atom. The van der Waals surface area contributed by atoms with Crippen molar-refractivity contribution in [2.24, 2.45) is 0 Å². The van der Waals surface area contributed by atoms with E-state index >= 15 is 0 Å². The van der Waals surface area contributed by atoms with Crippen molar-refractivity contribution < 1.29 is 13.2 Å². The van der Waals surface area contributed by atoms with Crippen LogP contribution in [0.2, 0.25) is 0 Å². The fourth-order valence-corrected chi connectivity index (χ4v) is 2.35. The lowest BCUT2D eigenvalue weighted by Gasteiger charge is -2.19. The van der Waals surface area contributed by atoms with Gasteiger partial charge in [-0.05, 0) is 52.8 Å². The Labute approximate surface area is 117 Å². The van der Waals surface area contributed by atoms with Crippen LogP contribution in [0.3, 0.4) is 0 Å². The normalized spacial score (nSPS) is 12.5. The van der Waals surface area contributed by atoms with E-state index in [1.165, 1.54) is 36.4 Å². The van der Waals surface area contributed by atoms with Gasteiger partial charge in [-0.2, -0.15) is 0 Å². The maximum Gasteiger partial charge on any atom is 0.137 e. The van der Waals surface area contributed by atoms with Crippen LogP contribution in [0.4, 0.5) is 13.2 Å². The third-order valence-electron chi connectivity index (χ3n) is 2.85. The number of halogens is 4. The fraction of sp³-hybridized carbons (Fsp3) is 0.143. The molecule has 0 saturated carbocycles. The summed E-state index contributed by atoms with van der Waals surface area (Å²) in [6.45, 7) is 0. The molecule has 0 radical (unpaired) electrons. The maximum absolute atomic E-state index is 13.8. The molecule has 0 heterocycles. The van der Waals surface area contributed by atoms with Gasteiger partial charge >= 0.3 is 0 Å². The molecular weight excluding hydrogens is 319 g/mol. The van der Waals surface area contributed by atoms with E-state index in [1.54, 1.807) is 7.05 Å². The van der Waals surface area contributed by atoms with Gasteiger partial charge in [0, 0.05) is 5.56 Å². The Bertz CT molecular complexity index is 581. The van der Waals surface area contributed by atoms with Crippen LogP contribution in [0.5, 0.6) is 0 Å². The molecule has 1 nitrogen and oxygen atoms in total. The smallest absolute Gasteiger partial charge is 0.137 e. The molecule has 1 atom stereocenters. The first-order valence-corrected chi connectivity index (χ1v) is 6.40. The summed E-state index contributed by atoms with van der Waals surface area (Å²) in [6, 6.07) is 7.26. The van der Waals surface area contributed by atoms with Crippen molar-refractivity contribution in [3.05, 3.63) is 69.4 Å². The summed E-state index contributed by atoms with van der Waals surface area (Å²) >= 11 is 3.06. The molecule has 0 aliphatic heterocycles. The zero-order valence-corrected chi connectivity index (χ0v) is 11.6. The minimum atomic E-state index is -0.682. The monoisotopic (exact) mass is 329 g/mol. The van der Waals surface area contributed by atoms with Crippen LogP contribution in [0, 0.1) is 17.5 Å². The van der Waals surface area contributed by atoms with Gasteiger partial charge in [-0.15, -0.1) is 0 Å². The van der Waals surface area contributed by atoms with Gasteiger partial charge in [0.25, 0.3) is 0 Å². The summed E-state index contributed by atoms with van der Waals surface area (Å²) < 4.78 is 41.0. The van der Waals surface area contributed by atoms with Crippen LogP contribution in [0.25, 0.3) is 0 Å². The van der Waals surface area contributed by atoms with Gasteiger partial charge in [0.05, 0.1) is 10.5 Å². The molecule has 0 spiro atoms. The standard InChI is InChI=1S/C14H11BrF3N/c1-19-14(8-5-6-10(16)9(15)7-8)13-11(17)3-2-4-12(13)18/h2-7,14,19H,1H3. The molecule has 0 fully saturated rings. The molecule has 19 heavy (non-hydrogen) atoms. The van der Waals surface area contributed by atoms with Crippen molar-refractivity contribution in [3.63, 3.8) is 0 Å². The quantitative estimate of drug-likeness (QED) is 0.890. The minimum Gasteiger partial charge on any atom is -0.309 e. The summed E-state index contributed by atoms with van der Waals surface area (Å²) in [4.78, 5) is 0. The molecule has 0 bridgehead atoms. The van der Waals surface area contributed by atoms with E-state index in [1.807, 2.05) is 0 Å². The van der Waals surface area contributed by atoms with E-state index in [4.69, 9.17) is 0 Å². The minimum absolute atomic E-state index is 0.0801. The van der Waals surface area contributed by atoms with E-state index in [0.717, 1.165) is 0 Å². The van der Waals surface area contributed by atoms with E-state index in [-0.39, 0.29) is 10.0 Å². The van der Waals surface area contributed by atoms with Crippen LogP contribution in [-0.2, 0) is 0 Å². The Balaban J connectivity index is 2.53. The molecule has 100 valence electrons. The summed E-state index contributed by atoms with van der Waals surface area (Å²) in [5, 5.41) is 2.84. The molecule has 1 unspecified atom stereocenters. The Morgan fingerprint density at radius 1 is 1.00 bits per heavy atom. The summed E-state index contributed by atoms with van der Waals surface area (Å²) in [5.74, 6) is -1.70. The lowest BCUT2D eigenvalue weighted by molar-refractivity contribution is 0.521. The molecule has 5 heteroatoms. The highest BCUT2D eigenvalue weighted by molar-refractivity contribution is 9.10. The highest BCUT2D eigenvalue weighted by Gasteiger charge is 2.21. The lowest BCUT2D eigenvalue weighted by Crippen LogP contribution is -2.20. The average molecular weight is 330 g/mol. The summed E-state index contributed by atoms with van der Waals surface area (Å²) in [6.07, 6.45) is 0. The van der Waals surface area contributed by atoms with Gasteiger partial charge in [-0.25, -0.2) is 13.2 Å². The van der Waals surface area contributed by atoms with Gasteiger partial charge < -0.3 is 5.32 Å². The Hall–Kier alpha value is -1.33. The zero-order chi connectivity index (χ0) is 14.0. The van der Waals surface area contributed by atoms with Crippen molar-refractivity contribution in [1.29, 1.82) is 0 Å². The first kappa shape index (κ1) is 14.1. The van der Waals surface area contributed by atoms with Crippen LogP contribution >= 0.6 is 15.9 Å². The first-order chi connectivity index (χ1) is 9.04. The van der Waals surface area contributed by atoms with E-state index in [0.29, 0.717) is 5.56 Å². The second-order valence-electron chi connectivity index (χ2n) is 4.03. The van der Waals surface area contributed by atoms with E-state index < -0.39 is 23.5 Å². The van der Waals surface area contributed by atoms with Gasteiger partial charge in [0.2, 0.25) is 0 Å². The molecule has 0 aliphatic carbocycles. The maximum atomic E-state index is 13.8. The van der Waals surface area contributed by atoms with E-state index in [9.17, 15) is 13.2 Å². The molecule has 2 aromatic rings. The number of nitrogens with one attached hydrogen (secondary N) is 1. The Morgan fingerprint density at radius 2 is 1.63 bits per heavy atom. The van der Waals surface area contributed by atoms with Gasteiger partial charge in [-0.1, -0.05) is 12.1 Å². The second kappa shape index (κ2) is 5.75. The topological polar surface area (TPSA) is 12.0 Å². The van der Waals surface area contributed by atoms with Crippen molar-refractivity contribution in [2.75, 3.05) is 7.05 Å². The molecule has 0 aromatic heterocycles. The fourth-order valence-electron chi connectivity index (χ4n) is 1.96. The third-order valence-corrected chi connectivity index (χ3v) is 3.46. The van der Waals surface area contributed by atoms with Gasteiger partial charge in [0.15, 0.2) is 0 Å². The van der Waals surface area contributed by atoms with Crippen molar-refractivity contribution in [1.82, 2.24) is 5.32 Å². The lowest BCUT2D eigenvalue weighted by atomic mass is 9.98. The number of rotatable bonds is 3. The molecule has 2 rings (SSSR count). The second-order valence-corrected chi connectivity index (χ2v) is 4.88. The summed E-state index contributed by atoms with van der Waals surface area (Å²) in [7, 11) is 1.59. The van der Waals surface area contributed by atoms with Crippen molar-refractivity contribution in [3.8, 4) is 0 Å². The predicted octanol–water partition coefficient (Wildman–Crippen LogP) is 4.18. The van der Waals surface area contributed by atoms with E-state index in [2.05, 4.69) is 21.2 Å². The predicted molar refractivity (Wildman–Crippen MR) is 71.4 cm³/mol. The highest BCUT2D eigenvalue weighted by Crippen LogP contribution is 2.29. The SMILES string of the molecule is CNC(c1ccc(F)c(Br)c1)c1c(F)cccc1F. The van der Waals surface area contributed by atoms with Gasteiger partial charge in [-0.3, -0.25) is 0 Å².